The highest BCUT2D eigenvalue weighted by molar-refractivity contribution is 5.74. The van der Waals surface area contributed by atoms with Crippen molar-refractivity contribution in [2.24, 2.45) is 0 Å². The minimum atomic E-state index is 0.834. The maximum Gasteiger partial charge on any atom is 0.0890 e. The number of nitrogens with one attached hydrogen (secondary N) is 1. The van der Waals surface area contributed by atoms with Gasteiger partial charge in [0.25, 0.3) is 0 Å². The van der Waals surface area contributed by atoms with Crippen molar-refractivity contribution in [2.45, 2.75) is 20.0 Å². The Morgan fingerprint density at radius 1 is 0.850 bits per heavy atom. The normalized spacial score (nSPS) is 10.8. The SMILES string of the molecule is Cc1cccc(CNCc2ccc3nccnc3c2)c1. The average Bonchev–Trinajstić information content (AvgIpc) is 2.47. The molecule has 1 heterocycles. The summed E-state index contributed by atoms with van der Waals surface area (Å²) in [5, 5.41) is 3.46. The predicted molar refractivity (Wildman–Crippen MR) is 81.3 cm³/mol. The second kappa shape index (κ2) is 5.80. The van der Waals surface area contributed by atoms with Crippen LogP contribution >= 0.6 is 0 Å². The summed E-state index contributed by atoms with van der Waals surface area (Å²) in [6.45, 7) is 3.83. The van der Waals surface area contributed by atoms with Gasteiger partial charge in [-0.3, -0.25) is 9.97 Å². The summed E-state index contributed by atoms with van der Waals surface area (Å²) in [5.74, 6) is 0. The molecule has 3 rings (SSSR count). The quantitative estimate of drug-likeness (QED) is 0.785. The molecule has 0 fully saturated rings. The van der Waals surface area contributed by atoms with Crippen LogP contribution in [0.25, 0.3) is 11.0 Å². The molecule has 100 valence electrons. The molecule has 2 aromatic carbocycles. The van der Waals surface area contributed by atoms with Gasteiger partial charge in [0.15, 0.2) is 0 Å². The topological polar surface area (TPSA) is 37.8 Å². The fourth-order valence-electron chi connectivity index (χ4n) is 2.29. The summed E-state index contributed by atoms with van der Waals surface area (Å²) < 4.78 is 0. The van der Waals surface area contributed by atoms with Gasteiger partial charge >= 0.3 is 0 Å². The summed E-state index contributed by atoms with van der Waals surface area (Å²) in [7, 11) is 0. The standard InChI is InChI=1S/C17H17N3/c1-13-3-2-4-14(9-13)11-18-12-15-5-6-16-17(10-15)20-8-7-19-16/h2-10,18H,11-12H2,1H3. The predicted octanol–water partition coefficient (Wildman–Crippen LogP) is 3.23. The van der Waals surface area contributed by atoms with Crippen molar-refractivity contribution in [3.63, 3.8) is 0 Å². The molecular formula is C17H17N3. The van der Waals surface area contributed by atoms with Crippen LogP contribution < -0.4 is 5.32 Å². The first-order valence-corrected chi connectivity index (χ1v) is 6.77. The van der Waals surface area contributed by atoms with Gasteiger partial charge in [-0.1, -0.05) is 35.9 Å². The van der Waals surface area contributed by atoms with E-state index in [4.69, 9.17) is 0 Å². The molecule has 3 aromatic rings. The number of hydrogen-bond donors (Lipinski definition) is 1. The van der Waals surface area contributed by atoms with Crippen molar-refractivity contribution in [1.82, 2.24) is 15.3 Å². The van der Waals surface area contributed by atoms with Gasteiger partial charge in [0.05, 0.1) is 11.0 Å². The van der Waals surface area contributed by atoms with Gasteiger partial charge in [-0.05, 0) is 30.2 Å². The highest BCUT2D eigenvalue weighted by Gasteiger charge is 1.98. The van der Waals surface area contributed by atoms with Gasteiger partial charge in [0, 0.05) is 25.5 Å². The average molecular weight is 263 g/mol. The van der Waals surface area contributed by atoms with Gasteiger partial charge in [-0.2, -0.15) is 0 Å². The number of nitrogens with zero attached hydrogens (tertiary/aromatic N) is 2. The Kier molecular flexibility index (Phi) is 3.70. The molecule has 0 saturated carbocycles. The lowest BCUT2D eigenvalue weighted by Crippen LogP contribution is -2.12. The molecule has 0 aliphatic heterocycles. The number of rotatable bonds is 4. The Balaban J connectivity index is 1.65. The molecule has 0 spiro atoms. The van der Waals surface area contributed by atoms with E-state index in [9.17, 15) is 0 Å². The van der Waals surface area contributed by atoms with Gasteiger partial charge in [-0.15, -0.1) is 0 Å². The van der Waals surface area contributed by atoms with Gasteiger partial charge in [0.2, 0.25) is 0 Å². The molecule has 20 heavy (non-hydrogen) atoms. The second-order valence-electron chi connectivity index (χ2n) is 4.97. The van der Waals surface area contributed by atoms with E-state index in [1.54, 1.807) is 12.4 Å². The largest absolute Gasteiger partial charge is 0.309 e. The Bertz CT molecular complexity index is 722. The maximum absolute atomic E-state index is 4.33. The molecular weight excluding hydrogens is 246 g/mol. The van der Waals surface area contributed by atoms with E-state index < -0.39 is 0 Å². The number of benzene rings is 2. The lowest BCUT2D eigenvalue weighted by molar-refractivity contribution is 0.693. The van der Waals surface area contributed by atoms with Gasteiger partial charge in [-0.25, -0.2) is 0 Å². The highest BCUT2D eigenvalue weighted by Crippen LogP contribution is 2.11. The van der Waals surface area contributed by atoms with Crippen molar-refractivity contribution in [2.75, 3.05) is 0 Å². The lowest BCUT2D eigenvalue weighted by atomic mass is 10.1. The molecule has 1 aromatic heterocycles. The van der Waals surface area contributed by atoms with Gasteiger partial charge in [0.1, 0.15) is 0 Å². The number of fused-ring (bicyclic) bond motifs is 1. The van der Waals surface area contributed by atoms with Gasteiger partial charge < -0.3 is 5.32 Å². The zero-order chi connectivity index (χ0) is 13.8. The molecule has 0 aliphatic carbocycles. The van der Waals surface area contributed by atoms with Crippen molar-refractivity contribution in [3.8, 4) is 0 Å². The smallest absolute Gasteiger partial charge is 0.0890 e. The molecule has 3 nitrogen and oxygen atoms in total. The van der Waals surface area contributed by atoms with Crippen molar-refractivity contribution in [1.29, 1.82) is 0 Å². The second-order valence-corrected chi connectivity index (χ2v) is 4.97. The van der Waals surface area contributed by atoms with Crippen molar-refractivity contribution in [3.05, 3.63) is 71.5 Å². The fraction of sp³-hybridized carbons (Fsp3) is 0.176. The Morgan fingerprint density at radius 3 is 2.40 bits per heavy atom. The molecule has 0 atom stereocenters. The zero-order valence-corrected chi connectivity index (χ0v) is 11.5. The Morgan fingerprint density at radius 2 is 1.60 bits per heavy atom. The van der Waals surface area contributed by atoms with E-state index in [0.717, 1.165) is 24.1 Å². The molecule has 0 saturated heterocycles. The molecule has 1 N–H and O–H groups in total. The van der Waals surface area contributed by atoms with Crippen LogP contribution in [0, 0.1) is 6.92 Å². The first kappa shape index (κ1) is 12.8. The molecule has 0 radical (unpaired) electrons. The monoisotopic (exact) mass is 263 g/mol. The lowest BCUT2D eigenvalue weighted by Gasteiger charge is -2.06. The van der Waals surface area contributed by atoms with E-state index in [1.807, 2.05) is 6.07 Å². The number of aryl methyl sites for hydroxylation is 1. The van der Waals surface area contributed by atoms with E-state index in [0.29, 0.717) is 0 Å². The summed E-state index contributed by atoms with van der Waals surface area (Å²) in [5.41, 5.74) is 5.72. The highest BCUT2D eigenvalue weighted by atomic mass is 14.8. The Hall–Kier alpha value is -2.26. The van der Waals surface area contributed by atoms with Crippen LogP contribution in [0.3, 0.4) is 0 Å². The van der Waals surface area contributed by atoms with E-state index in [1.165, 1.54) is 16.7 Å². The number of aromatic nitrogens is 2. The minimum Gasteiger partial charge on any atom is -0.309 e. The van der Waals surface area contributed by atoms with E-state index in [2.05, 4.69) is 58.6 Å². The third-order valence-electron chi connectivity index (χ3n) is 3.27. The first-order chi connectivity index (χ1) is 9.81. The zero-order valence-electron chi connectivity index (χ0n) is 11.5. The molecule has 0 amide bonds. The summed E-state index contributed by atoms with van der Waals surface area (Å²) in [6.07, 6.45) is 3.45. The first-order valence-electron chi connectivity index (χ1n) is 6.77. The van der Waals surface area contributed by atoms with E-state index >= 15 is 0 Å². The molecule has 3 heteroatoms. The minimum absolute atomic E-state index is 0.834. The van der Waals surface area contributed by atoms with Crippen LogP contribution in [0.5, 0.6) is 0 Å². The van der Waals surface area contributed by atoms with Crippen LogP contribution in [0.15, 0.2) is 54.9 Å². The van der Waals surface area contributed by atoms with Crippen molar-refractivity contribution >= 4 is 11.0 Å². The van der Waals surface area contributed by atoms with E-state index in [-0.39, 0.29) is 0 Å². The Labute approximate surface area is 118 Å². The number of hydrogen-bond acceptors (Lipinski definition) is 3. The molecule has 0 unspecified atom stereocenters. The van der Waals surface area contributed by atoms with Crippen LogP contribution in [0.2, 0.25) is 0 Å². The third kappa shape index (κ3) is 3.00. The van der Waals surface area contributed by atoms with Crippen LogP contribution in [0.4, 0.5) is 0 Å². The summed E-state index contributed by atoms with van der Waals surface area (Å²) >= 11 is 0. The fourth-order valence-corrected chi connectivity index (χ4v) is 2.29. The molecule has 0 bridgehead atoms. The van der Waals surface area contributed by atoms with Crippen molar-refractivity contribution < 1.29 is 0 Å². The summed E-state index contributed by atoms with van der Waals surface area (Å²) in [4.78, 5) is 8.61. The van der Waals surface area contributed by atoms with Crippen LogP contribution in [0.1, 0.15) is 16.7 Å². The summed E-state index contributed by atoms with van der Waals surface area (Å²) in [6, 6.07) is 14.8. The maximum atomic E-state index is 4.33. The van der Waals surface area contributed by atoms with Crippen LogP contribution in [-0.2, 0) is 13.1 Å². The van der Waals surface area contributed by atoms with Crippen LogP contribution in [-0.4, -0.2) is 9.97 Å². The third-order valence-corrected chi connectivity index (χ3v) is 3.27. The molecule has 0 aliphatic rings.